The lowest BCUT2D eigenvalue weighted by Crippen LogP contribution is -2.26. The number of hydrogen-bond acceptors (Lipinski definition) is 4. The molecule has 0 saturated carbocycles. The van der Waals surface area contributed by atoms with E-state index in [1.165, 1.54) is 11.8 Å². The maximum absolute atomic E-state index is 12.4. The predicted octanol–water partition coefficient (Wildman–Crippen LogP) is 3.20. The van der Waals surface area contributed by atoms with Gasteiger partial charge in [-0.1, -0.05) is 42.5 Å². The lowest BCUT2D eigenvalue weighted by Gasteiger charge is -2.12. The summed E-state index contributed by atoms with van der Waals surface area (Å²) in [5, 5.41) is 2.92. The quantitative estimate of drug-likeness (QED) is 0.503. The summed E-state index contributed by atoms with van der Waals surface area (Å²) >= 11 is 1.38. The van der Waals surface area contributed by atoms with Crippen LogP contribution in [-0.4, -0.2) is 49.7 Å². The number of amides is 2. The zero-order chi connectivity index (χ0) is 19.5. The summed E-state index contributed by atoms with van der Waals surface area (Å²) in [4.78, 5) is 26.6. The molecule has 144 valence electrons. The van der Waals surface area contributed by atoms with Crippen molar-refractivity contribution in [2.75, 3.05) is 33.0 Å². The largest absolute Gasteiger partial charge is 0.377 e. The van der Waals surface area contributed by atoms with E-state index < -0.39 is 0 Å². The predicted molar refractivity (Wildman–Crippen MR) is 109 cm³/mol. The number of nitrogens with one attached hydrogen (secondary N) is 1. The molecule has 27 heavy (non-hydrogen) atoms. The SMILES string of the molecule is CN(C)C(=O)CSc1ccccc1C(=O)NCCCOCc1ccccc1. The fourth-order valence-electron chi connectivity index (χ4n) is 2.28. The van der Waals surface area contributed by atoms with E-state index in [1.54, 1.807) is 25.1 Å². The van der Waals surface area contributed by atoms with Crippen LogP contribution < -0.4 is 5.32 Å². The minimum Gasteiger partial charge on any atom is -0.377 e. The summed E-state index contributed by atoms with van der Waals surface area (Å²) < 4.78 is 5.62. The summed E-state index contributed by atoms with van der Waals surface area (Å²) in [7, 11) is 3.45. The number of hydrogen-bond donors (Lipinski definition) is 1. The van der Waals surface area contributed by atoms with E-state index in [9.17, 15) is 9.59 Å². The maximum Gasteiger partial charge on any atom is 0.252 e. The van der Waals surface area contributed by atoms with Gasteiger partial charge in [-0.25, -0.2) is 0 Å². The minimum atomic E-state index is -0.126. The number of thioether (sulfide) groups is 1. The van der Waals surface area contributed by atoms with Gasteiger partial charge < -0.3 is 15.0 Å². The summed E-state index contributed by atoms with van der Waals surface area (Å²) in [6.07, 6.45) is 0.743. The van der Waals surface area contributed by atoms with E-state index in [0.717, 1.165) is 16.9 Å². The Hall–Kier alpha value is -2.31. The Morgan fingerprint density at radius 3 is 2.48 bits per heavy atom. The standard InChI is InChI=1S/C21H26N2O3S/c1-23(2)20(24)16-27-19-12-7-6-11-18(19)21(25)22-13-8-14-26-15-17-9-4-3-5-10-17/h3-7,9-12H,8,13-16H2,1-2H3,(H,22,25). The topological polar surface area (TPSA) is 58.6 Å². The summed E-state index contributed by atoms with van der Waals surface area (Å²) in [5.74, 6) is 0.203. The summed E-state index contributed by atoms with van der Waals surface area (Å²) in [5.41, 5.74) is 1.74. The van der Waals surface area contributed by atoms with E-state index >= 15 is 0 Å². The molecule has 0 spiro atoms. The molecule has 0 aliphatic carbocycles. The van der Waals surface area contributed by atoms with Crippen molar-refractivity contribution in [3.8, 4) is 0 Å². The molecular weight excluding hydrogens is 360 g/mol. The van der Waals surface area contributed by atoms with Crippen LogP contribution in [0.3, 0.4) is 0 Å². The zero-order valence-electron chi connectivity index (χ0n) is 15.8. The van der Waals surface area contributed by atoms with Gasteiger partial charge in [-0.05, 0) is 24.1 Å². The molecular formula is C21H26N2O3S. The Kier molecular flexibility index (Phi) is 8.87. The monoisotopic (exact) mass is 386 g/mol. The number of carbonyl (C=O) groups excluding carboxylic acids is 2. The molecule has 1 N–H and O–H groups in total. The van der Waals surface area contributed by atoms with Crippen LogP contribution >= 0.6 is 11.8 Å². The Morgan fingerprint density at radius 1 is 1.04 bits per heavy atom. The van der Waals surface area contributed by atoms with E-state index in [4.69, 9.17) is 4.74 Å². The molecule has 2 aromatic rings. The van der Waals surface area contributed by atoms with Crippen LogP contribution in [0.4, 0.5) is 0 Å². The van der Waals surface area contributed by atoms with E-state index in [2.05, 4.69) is 5.32 Å². The molecule has 2 amide bonds. The number of nitrogens with zero attached hydrogens (tertiary/aromatic N) is 1. The van der Waals surface area contributed by atoms with Gasteiger partial charge >= 0.3 is 0 Å². The third-order valence-corrected chi connectivity index (χ3v) is 4.90. The van der Waals surface area contributed by atoms with Crippen LogP contribution in [-0.2, 0) is 16.1 Å². The summed E-state index contributed by atoms with van der Waals surface area (Å²) in [6, 6.07) is 17.4. The smallest absolute Gasteiger partial charge is 0.252 e. The summed E-state index contributed by atoms with van der Waals surface area (Å²) in [6.45, 7) is 1.71. The Bertz CT molecular complexity index is 735. The molecule has 0 aliphatic heterocycles. The first kappa shape index (κ1) is 21.0. The van der Waals surface area contributed by atoms with Gasteiger partial charge in [0.25, 0.3) is 5.91 Å². The second-order valence-electron chi connectivity index (χ2n) is 6.22. The van der Waals surface area contributed by atoms with E-state index in [-0.39, 0.29) is 11.8 Å². The molecule has 6 heteroatoms. The highest BCUT2D eigenvalue weighted by molar-refractivity contribution is 8.00. The van der Waals surface area contributed by atoms with Crippen LogP contribution in [0.5, 0.6) is 0 Å². The normalized spacial score (nSPS) is 10.4. The Morgan fingerprint density at radius 2 is 1.74 bits per heavy atom. The fourth-order valence-corrected chi connectivity index (χ4v) is 3.31. The molecule has 0 bridgehead atoms. The van der Waals surface area contributed by atoms with Crippen molar-refractivity contribution in [2.45, 2.75) is 17.9 Å². The highest BCUT2D eigenvalue weighted by Crippen LogP contribution is 2.22. The first-order valence-electron chi connectivity index (χ1n) is 8.90. The van der Waals surface area contributed by atoms with Crippen molar-refractivity contribution in [1.29, 1.82) is 0 Å². The Labute approximate surface area is 165 Å². The third kappa shape index (κ3) is 7.45. The van der Waals surface area contributed by atoms with Gasteiger partial charge in [-0.2, -0.15) is 0 Å². The van der Waals surface area contributed by atoms with Crippen LogP contribution in [0.1, 0.15) is 22.3 Å². The average molecular weight is 387 g/mol. The molecule has 0 aliphatic rings. The van der Waals surface area contributed by atoms with Crippen LogP contribution in [0.2, 0.25) is 0 Å². The maximum atomic E-state index is 12.4. The average Bonchev–Trinajstić information content (AvgIpc) is 2.69. The van der Waals surface area contributed by atoms with Crippen LogP contribution in [0, 0.1) is 0 Å². The van der Waals surface area contributed by atoms with Crippen molar-refractivity contribution in [3.05, 3.63) is 65.7 Å². The molecule has 0 atom stereocenters. The molecule has 0 unspecified atom stereocenters. The van der Waals surface area contributed by atoms with E-state index in [1.807, 2.05) is 48.5 Å². The highest BCUT2D eigenvalue weighted by Gasteiger charge is 2.13. The first-order valence-corrected chi connectivity index (χ1v) is 9.88. The van der Waals surface area contributed by atoms with Crippen molar-refractivity contribution < 1.29 is 14.3 Å². The number of benzene rings is 2. The second-order valence-corrected chi connectivity index (χ2v) is 7.24. The molecule has 5 nitrogen and oxygen atoms in total. The van der Waals surface area contributed by atoms with Crippen LogP contribution in [0.25, 0.3) is 0 Å². The minimum absolute atomic E-state index is 0.0192. The van der Waals surface area contributed by atoms with Gasteiger partial charge in [-0.3, -0.25) is 9.59 Å². The molecule has 0 aromatic heterocycles. The molecule has 2 aromatic carbocycles. The van der Waals surface area contributed by atoms with Gasteiger partial charge in [-0.15, -0.1) is 11.8 Å². The van der Waals surface area contributed by atoms with Crippen molar-refractivity contribution in [3.63, 3.8) is 0 Å². The fraction of sp³-hybridized carbons (Fsp3) is 0.333. The van der Waals surface area contributed by atoms with Gasteiger partial charge in [0, 0.05) is 32.1 Å². The van der Waals surface area contributed by atoms with Crippen LogP contribution in [0.15, 0.2) is 59.5 Å². The van der Waals surface area contributed by atoms with Gasteiger partial charge in [0.15, 0.2) is 0 Å². The number of ether oxygens (including phenoxy) is 1. The van der Waals surface area contributed by atoms with Gasteiger partial charge in [0.1, 0.15) is 0 Å². The molecule has 0 radical (unpaired) electrons. The van der Waals surface area contributed by atoms with Crippen molar-refractivity contribution in [1.82, 2.24) is 10.2 Å². The Balaban J connectivity index is 1.73. The van der Waals surface area contributed by atoms with Gasteiger partial charge in [0.2, 0.25) is 5.91 Å². The molecule has 0 saturated heterocycles. The molecule has 0 fully saturated rings. The van der Waals surface area contributed by atoms with Gasteiger partial charge in [0.05, 0.1) is 17.9 Å². The lowest BCUT2D eigenvalue weighted by atomic mass is 10.2. The highest BCUT2D eigenvalue weighted by atomic mass is 32.2. The van der Waals surface area contributed by atoms with Crippen molar-refractivity contribution in [2.24, 2.45) is 0 Å². The van der Waals surface area contributed by atoms with Crippen molar-refractivity contribution >= 4 is 23.6 Å². The zero-order valence-corrected chi connectivity index (χ0v) is 16.6. The molecule has 0 heterocycles. The lowest BCUT2D eigenvalue weighted by molar-refractivity contribution is -0.125. The first-order chi connectivity index (χ1) is 13.1. The second kappa shape index (κ2) is 11.4. The number of carbonyl (C=O) groups is 2. The number of rotatable bonds is 10. The van der Waals surface area contributed by atoms with E-state index in [0.29, 0.717) is 31.1 Å². The third-order valence-electron chi connectivity index (χ3n) is 3.84. The molecule has 2 rings (SSSR count).